The van der Waals surface area contributed by atoms with Crippen LogP contribution in [0.1, 0.15) is 13.8 Å². The topological polar surface area (TPSA) is 58.6 Å². The molecule has 0 saturated carbocycles. The van der Waals surface area contributed by atoms with Gasteiger partial charge in [-0.3, -0.25) is 0 Å². The average molecular weight is 284 g/mol. The van der Waals surface area contributed by atoms with Crippen molar-refractivity contribution in [3.8, 4) is 5.75 Å². The molecular weight excluding hydrogens is 264 g/mol. The molecule has 19 heavy (non-hydrogen) atoms. The van der Waals surface area contributed by atoms with E-state index in [1.807, 2.05) is 13.8 Å². The Kier molecular flexibility index (Phi) is 4.44. The van der Waals surface area contributed by atoms with Gasteiger partial charge in [-0.25, -0.2) is 8.42 Å². The maximum atomic E-state index is 12.5. The van der Waals surface area contributed by atoms with Gasteiger partial charge in [-0.1, -0.05) is 0 Å². The molecule has 1 atom stereocenters. The van der Waals surface area contributed by atoms with Crippen LogP contribution in [0, 0.1) is 0 Å². The summed E-state index contributed by atoms with van der Waals surface area (Å²) in [5.74, 6) is 0.690. The normalized spacial score (nSPS) is 21.3. The molecule has 1 N–H and O–H groups in total. The summed E-state index contributed by atoms with van der Waals surface area (Å²) in [6.07, 6.45) is 0. The first-order valence-corrected chi connectivity index (χ1v) is 7.94. The number of benzene rings is 1. The molecule has 1 aliphatic heterocycles. The van der Waals surface area contributed by atoms with Crippen molar-refractivity contribution in [1.29, 1.82) is 0 Å². The zero-order valence-electron chi connectivity index (χ0n) is 11.3. The molecule has 1 aromatic carbocycles. The van der Waals surface area contributed by atoms with Gasteiger partial charge in [-0.05, 0) is 38.1 Å². The molecule has 2 rings (SSSR count). The maximum absolute atomic E-state index is 12.5. The van der Waals surface area contributed by atoms with Crippen molar-refractivity contribution in [1.82, 2.24) is 9.62 Å². The van der Waals surface area contributed by atoms with E-state index in [0.717, 1.165) is 0 Å². The summed E-state index contributed by atoms with van der Waals surface area (Å²) in [6.45, 7) is 6.17. The number of hydrogen-bond acceptors (Lipinski definition) is 4. The Morgan fingerprint density at radius 1 is 1.37 bits per heavy atom. The lowest BCUT2D eigenvalue weighted by Crippen LogP contribution is -2.51. The van der Waals surface area contributed by atoms with E-state index < -0.39 is 10.0 Å². The van der Waals surface area contributed by atoms with Crippen LogP contribution in [-0.2, 0) is 10.0 Å². The number of hydrogen-bond donors (Lipinski definition) is 1. The third-order valence-electron chi connectivity index (χ3n) is 3.10. The first kappa shape index (κ1) is 14.3. The maximum Gasteiger partial charge on any atom is 0.243 e. The van der Waals surface area contributed by atoms with E-state index in [0.29, 0.717) is 36.9 Å². The zero-order valence-corrected chi connectivity index (χ0v) is 12.1. The third kappa shape index (κ3) is 3.26. The summed E-state index contributed by atoms with van der Waals surface area (Å²) in [4.78, 5) is 0.324. The molecule has 1 heterocycles. The molecule has 0 aliphatic carbocycles. The molecule has 0 bridgehead atoms. The van der Waals surface area contributed by atoms with Gasteiger partial charge in [0.1, 0.15) is 5.75 Å². The minimum atomic E-state index is -3.39. The van der Waals surface area contributed by atoms with E-state index in [1.54, 1.807) is 24.3 Å². The highest BCUT2D eigenvalue weighted by atomic mass is 32.2. The van der Waals surface area contributed by atoms with E-state index >= 15 is 0 Å². The fraction of sp³-hybridized carbons (Fsp3) is 0.538. The molecule has 0 amide bonds. The third-order valence-corrected chi connectivity index (χ3v) is 4.98. The zero-order chi connectivity index (χ0) is 13.9. The average Bonchev–Trinajstić information content (AvgIpc) is 2.40. The number of piperazine rings is 1. The standard InChI is InChI=1S/C13H20N2O3S/c1-3-18-12-4-6-13(7-5-12)19(16,17)15-9-8-14-11(2)10-15/h4-7,11,14H,3,8-10H2,1-2H3/t11-/m0/s1. The first-order valence-electron chi connectivity index (χ1n) is 6.50. The Morgan fingerprint density at radius 3 is 2.63 bits per heavy atom. The van der Waals surface area contributed by atoms with Crippen LogP contribution in [-0.4, -0.2) is 45.0 Å². The second-order valence-corrected chi connectivity index (χ2v) is 6.56. The van der Waals surface area contributed by atoms with Crippen LogP contribution in [0.5, 0.6) is 5.75 Å². The minimum absolute atomic E-state index is 0.186. The van der Waals surface area contributed by atoms with E-state index in [9.17, 15) is 8.42 Å². The van der Waals surface area contributed by atoms with Gasteiger partial charge in [0.25, 0.3) is 0 Å². The summed E-state index contributed by atoms with van der Waals surface area (Å²) < 4.78 is 31.8. The van der Waals surface area contributed by atoms with Crippen molar-refractivity contribution in [2.24, 2.45) is 0 Å². The first-order chi connectivity index (χ1) is 9.04. The number of ether oxygens (including phenoxy) is 1. The smallest absolute Gasteiger partial charge is 0.243 e. The Morgan fingerprint density at radius 2 is 2.05 bits per heavy atom. The van der Waals surface area contributed by atoms with Crippen LogP contribution < -0.4 is 10.1 Å². The van der Waals surface area contributed by atoms with Gasteiger partial charge in [0.2, 0.25) is 10.0 Å². The molecule has 1 aliphatic rings. The van der Waals surface area contributed by atoms with E-state index in [-0.39, 0.29) is 6.04 Å². The Hall–Kier alpha value is -1.11. The van der Waals surface area contributed by atoms with Gasteiger partial charge < -0.3 is 10.1 Å². The predicted molar refractivity (Wildman–Crippen MR) is 73.8 cm³/mol. The molecule has 0 spiro atoms. The fourth-order valence-electron chi connectivity index (χ4n) is 2.14. The summed E-state index contributed by atoms with van der Waals surface area (Å²) in [7, 11) is -3.39. The van der Waals surface area contributed by atoms with E-state index in [2.05, 4.69) is 5.32 Å². The number of nitrogens with one attached hydrogen (secondary N) is 1. The lowest BCUT2D eigenvalue weighted by atomic mass is 10.3. The van der Waals surface area contributed by atoms with Crippen LogP contribution in [0.3, 0.4) is 0 Å². The predicted octanol–water partition coefficient (Wildman–Crippen LogP) is 1.07. The fourth-order valence-corrected chi connectivity index (χ4v) is 3.67. The summed E-state index contributed by atoms with van der Waals surface area (Å²) in [5.41, 5.74) is 0. The molecule has 1 aromatic rings. The van der Waals surface area contributed by atoms with E-state index in [4.69, 9.17) is 4.74 Å². The second kappa shape index (κ2) is 5.90. The molecule has 0 unspecified atom stereocenters. The highest BCUT2D eigenvalue weighted by Crippen LogP contribution is 2.20. The summed E-state index contributed by atoms with van der Waals surface area (Å²) in [5, 5.41) is 3.24. The molecule has 6 heteroatoms. The number of nitrogens with zero attached hydrogens (tertiary/aromatic N) is 1. The van der Waals surface area contributed by atoms with Crippen molar-refractivity contribution >= 4 is 10.0 Å². The number of sulfonamides is 1. The minimum Gasteiger partial charge on any atom is -0.494 e. The summed E-state index contributed by atoms with van der Waals surface area (Å²) >= 11 is 0. The highest BCUT2D eigenvalue weighted by Gasteiger charge is 2.28. The Labute approximate surface area is 114 Å². The van der Waals surface area contributed by atoms with Crippen molar-refractivity contribution in [2.75, 3.05) is 26.2 Å². The van der Waals surface area contributed by atoms with Gasteiger partial charge in [-0.15, -0.1) is 0 Å². The molecule has 1 fully saturated rings. The lowest BCUT2D eigenvalue weighted by Gasteiger charge is -2.31. The van der Waals surface area contributed by atoms with Crippen molar-refractivity contribution in [2.45, 2.75) is 24.8 Å². The lowest BCUT2D eigenvalue weighted by molar-refractivity contribution is 0.310. The molecule has 0 radical (unpaired) electrons. The van der Waals surface area contributed by atoms with Gasteiger partial charge in [0, 0.05) is 25.7 Å². The molecule has 5 nitrogen and oxygen atoms in total. The molecular formula is C13H20N2O3S. The summed E-state index contributed by atoms with van der Waals surface area (Å²) in [6, 6.07) is 6.79. The molecule has 0 aromatic heterocycles. The van der Waals surface area contributed by atoms with Crippen molar-refractivity contribution in [3.63, 3.8) is 0 Å². The Balaban J connectivity index is 2.18. The van der Waals surface area contributed by atoms with Crippen LogP contribution >= 0.6 is 0 Å². The van der Waals surface area contributed by atoms with Crippen LogP contribution in [0.25, 0.3) is 0 Å². The van der Waals surface area contributed by atoms with Crippen molar-refractivity contribution < 1.29 is 13.2 Å². The highest BCUT2D eigenvalue weighted by molar-refractivity contribution is 7.89. The second-order valence-electron chi connectivity index (χ2n) is 4.62. The number of rotatable bonds is 4. The Bertz CT molecular complexity index is 513. The van der Waals surface area contributed by atoms with Crippen LogP contribution in [0.4, 0.5) is 0 Å². The van der Waals surface area contributed by atoms with Crippen molar-refractivity contribution in [3.05, 3.63) is 24.3 Å². The van der Waals surface area contributed by atoms with Gasteiger partial charge >= 0.3 is 0 Å². The van der Waals surface area contributed by atoms with Gasteiger partial charge in [-0.2, -0.15) is 4.31 Å². The van der Waals surface area contributed by atoms with Gasteiger partial charge in [0.15, 0.2) is 0 Å². The van der Waals surface area contributed by atoms with Crippen LogP contribution in [0.15, 0.2) is 29.2 Å². The van der Waals surface area contributed by atoms with Gasteiger partial charge in [0.05, 0.1) is 11.5 Å². The SMILES string of the molecule is CCOc1ccc(S(=O)(=O)N2CCN[C@@H](C)C2)cc1. The largest absolute Gasteiger partial charge is 0.494 e. The monoisotopic (exact) mass is 284 g/mol. The van der Waals surface area contributed by atoms with Crippen LogP contribution in [0.2, 0.25) is 0 Å². The molecule has 1 saturated heterocycles. The van der Waals surface area contributed by atoms with E-state index in [1.165, 1.54) is 4.31 Å². The quantitative estimate of drug-likeness (QED) is 0.898. The molecule has 106 valence electrons.